The molecule has 0 heterocycles. The minimum atomic E-state index is -0.934. The van der Waals surface area contributed by atoms with Crippen molar-refractivity contribution in [2.24, 2.45) is 0 Å². The van der Waals surface area contributed by atoms with E-state index in [1.165, 1.54) is 103 Å². The van der Waals surface area contributed by atoms with Crippen LogP contribution in [0.25, 0.3) is 0 Å². The largest absolute Gasteiger partial charge is 0.327 e. The van der Waals surface area contributed by atoms with Gasteiger partial charge in [0.1, 0.15) is 0 Å². The van der Waals surface area contributed by atoms with Crippen LogP contribution < -0.4 is 0 Å². The Morgan fingerprint density at radius 3 is 1.50 bits per heavy atom. The van der Waals surface area contributed by atoms with Crippen molar-refractivity contribution in [2.75, 3.05) is 19.8 Å². The average molecular weight is 454 g/mol. The van der Waals surface area contributed by atoms with Crippen LogP contribution in [-0.4, -0.2) is 48.8 Å². The fraction of sp³-hybridized carbons (Fsp3) is 1.00. The lowest BCUT2D eigenvalue weighted by atomic mass is 9.86. The number of unbranched alkanes of at least 4 members (excludes halogenated alkanes) is 5. The van der Waals surface area contributed by atoms with Gasteiger partial charge in [-0.15, -0.1) is 0 Å². The summed E-state index contributed by atoms with van der Waals surface area (Å²) < 4.78 is 19.3. The molecular formula is C28H55NO3. The van der Waals surface area contributed by atoms with Gasteiger partial charge in [0.25, 0.3) is 5.97 Å². The molecule has 0 aromatic carbocycles. The summed E-state index contributed by atoms with van der Waals surface area (Å²) in [4.78, 5) is 2.89. The highest BCUT2D eigenvalue weighted by Crippen LogP contribution is 2.38. The van der Waals surface area contributed by atoms with Crippen molar-refractivity contribution >= 4 is 0 Å². The first-order valence-electron chi connectivity index (χ1n) is 14.4. The molecule has 4 nitrogen and oxygen atoms in total. The van der Waals surface area contributed by atoms with Gasteiger partial charge < -0.3 is 14.2 Å². The van der Waals surface area contributed by atoms with Gasteiger partial charge >= 0.3 is 0 Å². The third kappa shape index (κ3) is 8.56. The van der Waals surface area contributed by atoms with Crippen LogP contribution in [0.4, 0.5) is 0 Å². The molecule has 0 aliphatic heterocycles. The molecule has 0 bridgehead atoms. The van der Waals surface area contributed by atoms with Gasteiger partial charge in [-0.05, 0) is 52.9 Å². The van der Waals surface area contributed by atoms with Gasteiger partial charge in [-0.2, -0.15) is 0 Å². The van der Waals surface area contributed by atoms with Crippen LogP contribution in [-0.2, 0) is 14.2 Å². The molecule has 1 unspecified atom stereocenters. The Hall–Kier alpha value is -0.160. The summed E-state index contributed by atoms with van der Waals surface area (Å²) in [5.74, 6) is -0.934. The highest BCUT2D eigenvalue weighted by molar-refractivity contribution is 4.93. The summed E-state index contributed by atoms with van der Waals surface area (Å²) >= 11 is 0. The van der Waals surface area contributed by atoms with E-state index in [2.05, 4.69) is 32.6 Å². The van der Waals surface area contributed by atoms with E-state index in [1.54, 1.807) is 0 Å². The van der Waals surface area contributed by atoms with Gasteiger partial charge in [-0.25, -0.2) is 0 Å². The van der Waals surface area contributed by atoms with Crippen LogP contribution in [0.5, 0.6) is 0 Å². The summed E-state index contributed by atoms with van der Waals surface area (Å²) in [7, 11) is 0. The van der Waals surface area contributed by atoms with Gasteiger partial charge in [-0.1, -0.05) is 84.0 Å². The van der Waals surface area contributed by atoms with Crippen LogP contribution in [0.3, 0.4) is 0 Å². The molecule has 0 N–H and O–H groups in total. The lowest BCUT2D eigenvalue weighted by molar-refractivity contribution is -0.405. The van der Waals surface area contributed by atoms with Crippen LogP contribution >= 0.6 is 0 Å². The summed E-state index contributed by atoms with van der Waals surface area (Å²) in [5, 5.41) is 0. The lowest BCUT2D eigenvalue weighted by Gasteiger charge is -2.51. The maximum atomic E-state index is 6.44. The van der Waals surface area contributed by atoms with Gasteiger partial charge in [0.2, 0.25) is 0 Å². The molecule has 1 atom stereocenters. The van der Waals surface area contributed by atoms with Crippen LogP contribution in [0.15, 0.2) is 0 Å². The Labute approximate surface area is 200 Å². The summed E-state index contributed by atoms with van der Waals surface area (Å²) in [6, 6.07) is 1.48. The van der Waals surface area contributed by atoms with E-state index in [9.17, 15) is 0 Å². The average Bonchev–Trinajstić information content (AvgIpc) is 2.82. The first-order valence-corrected chi connectivity index (χ1v) is 14.4. The van der Waals surface area contributed by atoms with E-state index in [4.69, 9.17) is 14.2 Å². The summed E-state index contributed by atoms with van der Waals surface area (Å²) in [6.07, 6.45) is 22.6. The number of nitrogens with zero attached hydrogens (tertiary/aromatic N) is 1. The first kappa shape index (κ1) is 28.1. The Bertz CT molecular complexity index is 411. The first-order chi connectivity index (χ1) is 15.7. The van der Waals surface area contributed by atoms with Gasteiger partial charge in [0.05, 0.1) is 6.04 Å². The third-order valence-corrected chi connectivity index (χ3v) is 7.63. The smallest absolute Gasteiger partial charge is 0.299 e. The molecule has 4 heteroatoms. The molecule has 2 aliphatic rings. The van der Waals surface area contributed by atoms with E-state index in [0.29, 0.717) is 31.9 Å². The molecule has 32 heavy (non-hydrogen) atoms. The van der Waals surface area contributed by atoms with Crippen molar-refractivity contribution in [3.63, 3.8) is 0 Å². The molecule has 2 saturated carbocycles. The Kier molecular flexibility index (Phi) is 14.4. The number of hydrogen-bond acceptors (Lipinski definition) is 4. The molecule has 0 radical (unpaired) electrons. The fourth-order valence-corrected chi connectivity index (χ4v) is 6.21. The van der Waals surface area contributed by atoms with Gasteiger partial charge in [-0.3, -0.25) is 4.90 Å². The zero-order chi connectivity index (χ0) is 23.1. The quantitative estimate of drug-likeness (QED) is 0.166. The minimum absolute atomic E-state index is 0.180. The summed E-state index contributed by atoms with van der Waals surface area (Å²) in [5.41, 5.74) is 0. The van der Waals surface area contributed by atoms with Gasteiger partial charge in [0, 0.05) is 31.9 Å². The third-order valence-electron chi connectivity index (χ3n) is 7.63. The second kappa shape index (κ2) is 16.5. The Morgan fingerprint density at radius 1 is 0.625 bits per heavy atom. The molecule has 0 aromatic rings. The van der Waals surface area contributed by atoms with Crippen molar-refractivity contribution in [1.82, 2.24) is 4.90 Å². The van der Waals surface area contributed by atoms with E-state index >= 15 is 0 Å². The fourth-order valence-electron chi connectivity index (χ4n) is 6.21. The van der Waals surface area contributed by atoms with Crippen molar-refractivity contribution in [3.05, 3.63) is 0 Å². The minimum Gasteiger partial charge on any atom is -0.327 e. The van der Waals surface area contributed by atoms with Gasteiger partial charge in [0.15, 0.2) is 0 Å². The van der Waals surface area contributed by atoms with E-state index in [-0.39, 0.29) is 6.04 Å². The lowest BCUT2D eigenvalue weighted by Crippen LogP contribution is -2.63. The number of rotatable bonds is 17. The SMILES string of the molecule is CCCCCCCCC(N(C1CCCCC1)C1CCCCC1)C(OCC)(OCC)OCC. The monoisotopic (exact) mass is 453 g/mol. The number of hydrogen-bond donors (Lipinski definition) is 0. The summed E-state index contributed by atoms with van der Waals surface area (Å²) in [6.45, 7) is 10.4. The van der Waals surface area contributed by atoms with Crippen molar-refractivity contribution < 1.29 is 14.2 Å². The van der Waals surface area contributed by atoms with E-state index in [0.717, 1.165) is 6.42 Å². The molecule has 0 spiro atoms. The van der Waals surface area contributed by atoms with Crippen molar-refractivity contribution in [1.29, 1.82) is 0 Å². The Morgan fingerprint density at radius 2 is 1.06 bits per heavy atom. The molecule has 0 aromatic heterocycles. The van der Waals surface area contributed by atoms with Crippen LogP contribution in [0.1, 0.15) is 137 Å². The molecule has 2 rings (SSSR count). The zero-order valence-electron chi connectivity index (χ0n) is 22.0. The van der Waals surface area contributed by atoms with E-state index in [1.807, 2.05) is 0 Å². The highest BCUT2D eigenvalue weighted by atomic mass is 16.9. The standard InChI is InChI=1S/C28H55NO3/c1-5-9-10-11-12-19-24-27(28(30-6-2,31-7-3)32-8-4)29(25-20-15-13-16-21-25)26-22-17-14-18-23-26/h25-27H,5-24H2,1-4H3. The normalized spacial score (nSPS) is 20.2. The number of ether oxygens (including phenoxy) is 3. The van der Waals surface area contributed by atoms with E-state index < -0.39 is 5.97 Å². The maximum absolute atomic E-state index is 6.44. The van der Waals surface area contributed by atoms with Crippen molar-refractivity contribution in [3.8, 4) is 0 Å². The second-order valence-electron chi connectivity index (χ2n) is 10.0. The molecule has 0 amide bonds. The molecular weight excluding hydrogens is 398 g/mol. The zero-order valence-corrected chi connectivity index (χ0v) is 22.0. The molecule has 0 saturated heterocycles. The van der Waals surface area contributed by atoms with Crippen LogP contribution in [0, 0.1) is 0 Å². The molecule has 190 valence electrons. The second-order valence-corrected chi connectivity index (χ2v) is 10.0. The molecule has 2 fully saturated rings. The van der Waals surface area contributed by atoms with Crippen molar-refractivity contribution in [2.45, 2.75) is 161 Å². The highest BCUT2D eigenvalue weighted by Gasteiger charge is 2.49. The Balaban J connectivity index is 2.30. The topological polar surface area (TPSA) is 30.9 Å². The predicted molar refractivity (Wildman–Crippen MR) is 135 cm³/mol. The van der Waals surface area contributed by atoms with Crippen LogP contribution in [0.2, 0.25) is 0 Å². The molecule has 2 aliphatic carbocycles. The predicted octanol–water partition coefficient (Wildman–Crippen LogP) is 7.84. The maximum Gasteiger partial charge on any atom is 0.299 e.